The van der Waals surface area contributed by atoms with Gasteiger partial charge < -0.3 is 9.64 Å². The second-order valence-electron chi connectivity index (χ2n) is 5.66. The van der Waals surface area contributed by atoms with Crippen LogP contribution >= 0.6 is 0 Å². The normalized spacial score (nSPS) is 10.6. The molecule has 0 fully saturated rings. The van der Waals surface area contributed by atoms with E-state index in [4.69, 9.17) is 4.74 Å². The number of anilines is 1. The molecule has 2 aromatic rings. The minimum atomic E-state index is 0.105. The van der Waals surface area contributed by atoms with Crippen molar-refractivity contribution in [2.24, 2.45) is 5.92 Å². The summed E-state index contributed by atoms with van der Waals surface area (Å²) in [6.45, 7) is 5.94. The summed E-state index contributed by atoms with van der Waals surface area (Å²) in [5.74, 6) is 1.56. The molecular formula is C17H21N3O2. The van der Waals surface area contributed by atoms with Gasteiger partial charge in [0.25, 0.3) is 0 Å². The van der Waals surface area contributed by atoms with E-state index in [0.29, 0.717) is 24.0 Å². The maximum absolute atomic E-state index is 12.0. The number of carbonyl (C=O) groups is 1. The summed E-state index contributed by atoms with van der Waals surface area (Å²) >= 11 is 0. The highest BCUT2D eigenvalue weighted by Crippen LogP contribution is 2.23. The molecule has 0 N–H and O–H groups in total. The summed E-state index contributed by atoms with van der Waals surface area (Å²) in [7, 11) is 1.78. The molecule has 0 atom stereocenters. The molecule has 5 heteroatoms. The Morgan fingerprint density at radius 1 is 1.14 bits per heavy atom. The smallest absolute Gasteiger partial charge is 0.238 e. The van der Waals surface area contributed by atoms with Gasteiger partial charge in [0.05, 0.1) is 5.69 Å². The summed E-state index contributed by atoms with van der Waals surface area (Å²) in [6, 6.07) is 11.0. The molecular weight excluding hydrogens is 278 g/mol. The Hall–Kier alpha value is -2.43. The molecule has 0 aliphatic rings. The molecule has 116 valence electrons. The zero-order valence-electron chi connectivity index (χ0n) is 13.4. The topological polar surface area (TPSA) is 55.3 Å². The second kappa shape index (κ2) is 7.02. The van der Waals surface area contributed by atoms with Crippen molar-refractivity contribution in [3.8, 4) is 11.6 Å². The molecule has 22 heavy (non-hydrogen) atoms. The fourth-order valence-electron chi connectivity index (χ4n) is 1.93. The van der Waals surface area contributed by atoms with Crippen molar-refractivity contribution in [2.75, 3.05) is 11.9 Å². The first kappa shape index (κ1) is 15.9. The summed E-state index contributed by atoms with van der Waals surface area (Å²) in [5.41, 5.74) is 1.68. The molecule has 0 aliphatic carbocycles. The van der Waals surface area contributed by atoms with Gasteiger partial charge in [-0.25, -0.2) is 0 Å². The van der Waals surface area contributed by atoms with E-state index in [-0.39, 0.29) is 5.91 Å². The van der Waals surface area contributed by atoms with Crippen molar-refractivity contribution in [1.29, 1.82) is 0 Å². The zero-order valence-corrected chi connectivity index (χ0v) is 13.4. The van der Waals surface area contributed by atoms with Crippen LogP contribution in [0.25, 0.3) is 0 Å². The van der Waals surface area contributed by atoms with Crippen LogP contribution in [0.15, 0.2) is 36.4 Å². The lowest BCUT2D eigenvalue weighted by Crippen LogP contribution is -2.27. The standard InChI is InChI=1S/C17H21N3O2/c1-12(2)11-17(21)20(4)14-6-8-15(9-7-14)22-16-10-5-13(3)18-19-16/h5-10,12H,11H2,1-4H3. The minimum absolute atomic E-state index is 0.105. The number of hydrogen-bond acceptors (Lipinski definition) is 4. The molecule has 2 rings (SSSR count). The van der Waals surface area contributed by atoms with E-state index in [9.17, 15) is 4.79 Å². The summed E-state index contributed by atoms with van der Waals surface area (Å²) < 4.78 is 5.62. The van der Waals surface area contributed by atoms with Crippen molar-refractivity contribution in [2.45, 2.75) is 27.2 Å². The van der Waals surface area contributed by atoms with Crippen LogP contribution in [0.4, 0.5) is 5.69 Å². The molecule has 1 aromatic heterocycles. The van der Waals surface area contributed by atoms with Gasteiger partial charge in [0.15, 0.2) is 0 Å². The largest absolute Gasteiger partial charge is 0.438 e. The summed E-state index contributed by atoms with van der Waals surface area (Å²) in [4.78, 5) is 13.7. The Morgan fingerprint density at radius 2 is 1.82 bits per heavy atom. The van der Waals surface area contributed by atoms with Gasteiger partial charge in [-0.3, -0.25) is 4.79 Å². The molecule has 0 bridgehead atoms. The third-order valence-corrected chi connectivity index (χ3v) is 3.18. The number of ether oxygens (including phenoxy) is 1. The van der Waals surface area contributed by atoms with Gasteiger partial charge in [-0.15, -0.1) is 5.10 Å². The van der Waals surface area contributed by atoms with Crippen LogP contribution < -0.4 is 9.64 Å². The molecule has 0 aliphatic heterocycles. The van der Waals surface area contributed by atoms with E-state index in [1.54, 1.807) is 18.0 Å². The van der Waals surface area contributed by atoms with Crippen molar-refractivity contribution >= 4 is 11.6 Å². The number of nitrogens with zero attached hydrogens (tertiary/aromatic N) is 3. The van der Waals surface area contributed by atoms with E-state index in [2.05, 4.69) is 10.2 Å². The first-order chi connectivity index (χ1) is 10.5. The fraction of sp³-hybridized carbons (Fsp3) is 0.353. The van der Waals surface area contributed by atoms with Crippen LogP contribution in [0, 0.1) is 12.8 Å². The number of hydrogen-bond donors (Lipinski definition) is 0. The first-order valence-corrected chi connectivity index (χ1v) is 7.30. The lowest BCUT2D eigenvalue weighted by atomic mass is 10.1. The lowest BCUT2D eigenvalue weighted by molar-refractivity contribution is -0.119. The number of benzene rings is 1. The van der Waals surface area contributed by atoms with E-state index < -0.39 is 0 Å². The Balaban J connectivity index is 2.03. The molecule has 5 nitrogen and oxygen atoms in total. The van der Waals surface area contributed by atoms with E-state index in [0.717, 1.165) is 11.4 Å². The number of aryl methyl sites for hydroxylation is 1. The Labute approximate surface area is 130 Å². The van der Waals surface area contributed by atoms with E-state index >= 15 is 0 Å². The van der Waals surface area contributed by atoms with Crippen molar-refractivity contribution < 1.29 is 9.53 Å². The van der Waals surface area contributed by atoms with Gasteiger partial charge in [0.1, 0.15) is 5.75 Å². The third kappa shape index (κ3) is 4.28. The van der Waals surface area contributed by atoms with Crippen molar-refractivity contribution in [1.82, 2.24) is 10.2 Å². The highest BCUT2D eigenvalue weighted by atomic mass is 16.5. The van der Waals surface area contributed by atoms with Crippen molar-refractivity contribution in [3.05, 3.63) is 42.1 Å². The summed E-state index contributed by atoms with van der Waals surface area (Å²) in [5, 5.41) is 7.90. The van der Waals surface area contributed by atoms with Gasteiger partial charge in [-0.05, 0) is 43.2 Å². The highest BCUT2D eigenvalue weighted by Gasteiger charge is 2.12. The molecule has 0 spiro atoms. The van der Waals surface area contributed by atoms with Crippen LogP contribution in [-0.2, 0) is 4.79 Å². The van der Waals surface area contributed by atoms with E-state index in [1.165, 1.54) is 0 Å². The van der Waals surface area contributed by atoms with Crippen molar-refractivity contribution in [3.63, 3.8) is 0 Å². The van der Waals surface area contributed by atoms with Crippen LogP contribution in [0.1, 0.15) is 26.0 Å². The summed E-state index contributed by atoms with van der Waals surface area (Å²) in [6.07, 6.45) is 0.535. The molecule has 0 unspecified atom stereocenters. The first-order valence-electron chi connectivity index (χ1n) is 7.30. The predicted octanol–water partition coefficient (Wildman–Crippen LogP) is 3.59. The molecule has 0 saturated heterocycles. The van der Waals surface area contributed by atoms with E-state index in [1.807, 2.05) is 51.1 Å². The maximum atomic E-state index is 12.0. The molecule has 1 amide bonds. The van der Waals surface area contributed by atoms with Gasteiger partial charge in [-0.1, -0.05) is 13.8 Å². The minimum Gasteiger partial charge on any atom is -0.438 e. The maximum Gasteiger partial charge on any atom is 0.238 e. The van der Waals surface area contributed by atoms with Gasteiger partial charge in [0, 0.05) is 25.2 Å². The van der Waals surface area contributed by atoms with Crippen LogP contribution in [0.2, 0.25) is 0 Å². The van der Waals surface area contributed by atoms with Gasteiger partial charge in [-0.2, -0.15) is 5.10 Å². The highest BCUT2D eigenvalue weighted by molar-refractivity contribution is 5.92. The second-order valence-corrected chi connectivity index (χ2v) is 5.66. The number of rotatable bonds is 5. The Kier molecular flexibility index (Phi) is 5.09. The van der Waals surface area contributed by atoms with Crippen LogP contribution in [0.5, 0.6) is 11.6 Å². The SMILES string of the molecule is Cc1ccc(Oc2ccc(N(C)C(=O)CC(C)C)cc2)nn1. The Bertz CT molecular complexity index is 621. The monoisotopic (exact) mass is 299 g/mol. The number of amides is 1. The average molecular weight is 299 g/mol. The fourth-order valence-corrected chi connectivity index (χ4v) is 1.93. The third-order valence-electron chi connectivity index (χ3n) is 3.18. The predicted molar refractivity (Wildman–Crippen MR) is 86.2 cm³/mol. The number of carbonyl (C=O) groups excluding carboxylic acids is 1. The zero-order chi connectivity index (χ0) is 16.1. The molecule has 1 aromatic carbocycles. The molecule has 0 saturated carbocycles. The Morgan fingerprint density at radius 3 is 2.36 bits per heavy atom. The quantitative estimate of drug-likeness (QED) is 0.846. The molecule has 1 heterocycles. The van der Waals surface area contributed by atoms with Gasteiger partial charge >= 0.3 is 0 Å². The average Bonchev–Trinajstić information content (AvgIpc) is 2.49. The van der Waals surface area contributed by atoms with Crippen LogP contribution in [0.3, 0.4) is 0 Å². The van der Waals surface area contributed by atoms with Crippen LogP contribution in [-0.4, -0.2) is 23.2 Å². The lowest BCUT2D eigenvalue weighted by Gasteiger charge is -2.18. The number of aromatic nitrogens is 2. The molecule has 0 radical (unpaired) electrons. The van der Waals surface area contributed by atoms with Gasteiger partial charge in [0.2, 0.25) is 11.8 Å².